The topological polar surface area (TPSA) is 47.9 Å². The third-order valence-electron chi connectivity index (χ3n) is 2.94. The second kappa shape index (κ2) is 5.49. The van der Waals surface area contributed by atoms with Gasteiger partial charge >= 0.3 is 0 Å². The molecule has 1 fully saturated rings. The van der Waals surface area contributed by atoms with Crippen molar-refractivity contribution in [3.05, 3.63) is 29.3 Å². The van der Waals surface area contributed by atoms with Crippen LogP contribution in [0, 0.1) is 6.92 Å². The molecule has 17 heavy (non-hydrogen) atoms. The zero-order valence-electron chi connectivity index (χ0n) is 10.2. The maximum atomic E-state index is 10.1. The lowest BCUT2D eigenvalue weighted by Crippen LogP contribution is -2.13. The van der Waals surface area contributed by atoms with Crippen LogP contribution in [-0.4, -0.2) is 31.7 Å². The normalized spacial score (nSPS) is 18.3. The molecule has 1 aliphatic rings. The first-order valence-electron chi connectivity index (χ1n) is 5.76. The van der Waals surface area contributed by atoms with Crippen LogP contribution >= 0.6 is 0 Å². The molecule has 0 amide bonds. The monoisotopic (exact) mass is 238 g/mol. The number of benzene rings is 1. The van der Waals surface area contributed by atoms with Crippen LogP contribution in [0.3, 0.4) is 0 Å². The van der Waals surface area contributed by atoms with E-state index in [-0.39, 0.29) is 6.29 Å². The molecule has 1 unspecified atom stereocenters. The van der Waals surface area contributed by atoms with Crippen LogP contribution in [0.15, 0.2) is 18.2 Å². The number of ether oxygens (including phenoxy) is 3. The van der Waals surface area contributed by atoms with Gasteiger partial charge in [0.25, 0.3) is 0 Å². The summed E-state index contributed by atoms with van der Waals surface area (Å²) in [5.41, 5.74) is 1.90. The van der Waals surface area contributed by atoms with E-state index < -0.39 is 6.10 Å². The van der Waals surface area contributed by atoms with Crippen molar-refractivity contribution in [1.82, 2.24) is 0 Å². The molecule has 1 aromatic rings. The van der Waals surface area contributed by atoms with Crippen molar-refractivity contribution >= 4 is 0 Å². The quantitative estimate of drug-likeness (QED) is 0.869. The highest BCUT2D eigenvalue weighted by Gasteiger charge is 2.22. The van der Waals surface area contributed by atoms with Gasteiger partial charge in [-0.2, -0.15) is 0 Å². The highest BCUT2D eigenvalue weighted by molar-refractivity contribution is 5.36. The fraction of sp³-hybridized carbons (Fsp3) is 0.538. The molecule has 94 valence electrons. The van der Waals surface area contributed by atoms with E-state index in [1.807, 2.05) is 25.1 Å². The molecular formula is C13H18O4. The van der Waals surface area contributed by atoms with E-state index in [9.17, 15) is 5.11 Å². The van der Waals surface area contributed by atoms with Crippen LogP contribution in [0.2, 0.25) is 0 Å². The largest absolute Gasteiger partial charge is 0.497 e. The molecule has 0 aromatic heterocycles. The van der Waals surface area contributed by atoms with Gasteiger partial charge in [0.2, 0.25) is 0 Å². The summed E-state index contributed by atoms with van der Waals surface area (Å²) in [7, 11) is 1.63. The third-order valence-corrected chi connectivity index (χ3v) is 2.94. The molecule has 1 atom stereocenters. The molecule has 0 spiro atoms. The second-order valence-corrected chi connectivity index (χ2v) is 4.15. The van der Waals surface area contributed by atoms with Gasteiger partial charge < -0.3 is 19.3 Å². The Kier molecular flexibility index (Phi) is 3.99. The van der Waals surface area contributed by atoms with E-state index in [4.69, 9.17) is 14.2 Å². The van der Waals surface area contributed by atoms with Crippen molar-refractivity contribution in [3.8, 4) is 5.75 Å². The van der Waals surface area contributed by atoms with Gasteiger partial charge in [-0.05, 0) is 30.2 Å². The predicted molar refractivity (Wildman–Crippen MR) is 63.0 cm³/mol. The highest BCUT2D eigenvalue weighted by Crippen LogP contribution is 2.27. The van der Waals surface area contributed by atoms with Crippen molar-refractivity contribution in [3.63, 3.8) is 0 Å². The minimum absolute atomic E-state index is 0.286. The van der Waals surface area contributed by atoms with E-state index >= 15 is 0 Å². The molecule has 0 bridgehead atoms. The number of hydrogen-bond acceptors (Lipinski definition) is 4. The maximum Gasteiger partial charge on any atom is 0.160 e. The Labute approximate surface area is 101 Å². The van der Waals surface area contributed by atoms with Crippen molar-refractivity contribution in [2.75, 3.05) is 20.3 Å². The molecule has 1 aromatic carbocycles. The SMILES string of the molecule is COc1ccc(C(O)CC2OCCO2)c(C)c1. The van der Waals surface area contributed by atoms with E-state index in [1.54, 1.807) is 7.11 Å². The summed E-state index contributed by atoms with van der Waals surface area (Å²) in [6.07, 6.45) is -0.386. The molecule has 0 aliphatic carbocycles. The minimum atomic E-state index is -0.566. The molecule has 1 saturated heterocycles. The van der Waals surface area contributed by atoms with Crippen molar-refractivity contribution in [2.45, 2.75) is 25.7 Å². The smallest absolute Gasteiger partial charge is 0.160 e. The maximum absolute atomic E-state index is 10.1. The van der Waals surface area contributed by atoms with Crippen molar-refractivity contribution in [2.24, 2.45) is 0 Å². The lowest BCUT2D eigenvalue weighted by atomic mass is 10.0. The van der Waals surface area contributed by atoms with Gasteiger partial charge in [-0.3, -0.25) is 0 Å². The van der Waals surface area contributed by atoms with Gasteiger partial charge in [-0.15, -0.1) is 0 Å². The lowest BCUT2D eigenvalue weighted by molar-refractivity contribution is -0.0708. The zero-order chi connectivity index (χ0) is 12.3. The van der Waals surface area contributed by atoms with Crippen molar-refractivity contribution < 1.29 is 19.3 Å². The fourth-order valence-electron chi connectivity index (χ4n) is 2.00. The van der Waals surface area contributed by atoms with Gasteiger partial charge in [0.15, 0.2) is 6.29 Å². The van der Waals surface area contributed by atoms with Crippen LogP contribution in [-0.2, 0) is 9.47 Å². The first-order chi connectivity index (χ1) is 8.20. The molecule has 2 rings (SSSR count). The minimum Gasteiger partial charge on any atom is -0.497 e. The van der Waals surface area contributed by atoms with Crippen LogP contribution in [0.5, 0.6) is 5.75 Å². The number of aliphatic hydroxyl groups excluding tert-OH is 1. The Morgan fingerprint density at radius 3 is 2.71 bits per heavy atom. The number of rotatable bonds is 4. The van der Waals surface area contributed by atoms with Gasteiger partial charge in [-0.25, -0.2) is 0 Å². The third kappa shape index (κ3) is 2.97. The molecule has 4 heteroatoms. The Balaban J connectivity index is 2.04. The van der Waals surface area contributed by atoms with Crippen LogP contribution in [0.25, 0.3) is 0 Å². The Bertz CT molecular complexity index is 372. The second-order valence-electron chi connectivity index (χ2n) is 4.15. The number of hydrogen-bond donors (Lipinski definition) is 1. The summed E-state index contributed by atoms with van der Waals surface area (Å²) >= 11 is 0. The fourth-order valence-corrected chi connectivity index (χ4v) is 2.00. The standard InChI is InChI=1S/C13H18O4/c1-9-7-10(15-2)3-4-11(9)12(14)8-13-16-5-6-17-13/h3-4,7,12-14H,5-6,8H2,1-2H3. The number of methoxy groups -OCH3 is 1. The van der Waals surface area contributed by atoms with E-state index in [0.717, 1.165) is 16.9 Å². The predicted octanol–water partition coefficient (Wildman–Crippen LogP) is 1.80. The molecule has 1 aliphatic heterocycles. The summed E-state index contributed by atoms with van der Waals surface area (Å²) < 4.78 is 15.8. The Morgan fingerprint density at radius 1 is 1.41 bits per heavy atom. The van der Waals surface area contributed by atoms with E-state index in [2.05, 4.69) is 0 Å². The van der Waals surface area contributed by atoms with Crippen LogP contribution in [0.1, 0.15) is 23.7 Å². The molecule has 0 radical (unpaired) electrons. The number of aliphatic hydroxyl groups is 1. The average Bonchev–Trinajstić information content (AvgIpc) is 2.81. The molecular weight excluding hydrogens is 220 g/mol. The van der Waals surface area contributed by atoms with E-state index in [0.29, 0.717) is 19.6 Å². The summed E-state index contributed by atoms with van der Waals surface area (Å²) in [5.74, 6) is 0.798. The highest BCUT2D eigenvalue weighted by atomic mass is 16.7. The van der Waals surface area contributed by atoms with Gasteiger partial charge in [0, 0.05) is 6.42 Å². The zero-order valence-corrected chi connectivity index (χ0v) is 10.2. The lowest BCUT2D eigenvalue weighted by Gasteiger charge is -2.17. The van der Waals surface area contributed by atoms with E-state index in [1.165, 1.54) is 0 Å². The average molecular weight is 238 g/mol. The van der Waals surface area contributed by atoms with Crippen LogP contribution in [0.4, 0.5) is 0 Å². The molecule has 1 N–H and O–H groups in total. The Hall–Kier alpha value is -1.10. The van der Waals surface area contributed by atoms with Crippen LogP contribution < -0.4 is 4.74 Å². The summed E-state index contributed by atoms with van der Waals surface area (Å²) in [5, 5.41) is 10.1. The first kappa shape index (κ1) is 12.4. The molecule has 4 nitrogen and oxygen atoms in total. The summed E-state index contributed by atoms with van der Waals surface area (Å²) in [4.78, 5) is 0. The summed E-state index contributed by atoms with van der Waals surface area (Å²) in [6, 6.07) is 5.64. The van der Waals surface area contributed by atoms with Crippen molar-refractivity contribution in [1.29, 1.82) is 0 Å². The molecule has 0 saturated carbocycles. The van der Waals surface area contributed by atoms with Gasteiger partial charge in [-0.1, -0.05) is 6.07 Å². The summed E-state index contributed by atoms with van der Waals surface area (Å²) in [6.45, 7) is 3.18. The first-order valence-corrected chi connectivity index (χ1v) is 5.76. The van der Waals surface area contributed by atoms with Gasteiger partial charge in [0.05, 0.1) is 26.4 Å². The number of aryl methyl sites for hydroxylation is 1. The molecule has 1 heterocycles. The Morgan fingerprint density at radius 2 is 2.12 bits per heavy atom. The van der Waals surface area contributed by atoms with Gasteiger partial charge in [0.1, 0.15) is 5.75 Å².